The summed E-state index contributed by atoms with van der Waals surface area (Å²) in [6.45, 7) is 8.47. The van der Waals surface area contributed by atoms with E-state index in [4.69, 9.17) is 10.7 Å². The van der Waals surface area contributed by atoms with Crippen molar-refractivity contribution in [3.63, 3.8) is 0 Å². The number of benzene rings is 1. The van der Waals surface area contributed by atoms with Gasteiger partial charge in [0.2, 0.25) is 0 Å². The fourth-order valence-corrected chi connectivity index (χ4v) is 3.12. The molecule has 4 nitrogen and oxygen atoms in total. The maximum absolute atomic E-state index is 6.20. The van der Waals surface area contributed by atoms with Crippen molar-refractivity contribution in [2.24, 2.45) is 5.73 Å². The molecule has 0 aliphatic carbocycles. The van der Waals surface area contributed by atoms with Crippen LogP contribution in [0.1, 0.15) is 37.6 Å². The topological polar surface area (TPSA) is 47.1 Å². The molecule has 0 radical (unpaired) electrons. The van der Waals surface area contributed by atoms with Gasteiger partial charge in [0, 0.05) is 12.6 Å². The molecule has 1 aliphatic rings. The van der Waals surface area contributed by atoms with Gasteiger partial charge in [-0.3, -0.25) is 4.90 Å². The summed E-state index contributed by atoms with van der Waals surface area (Å²) >= 11 is 0. The fraction of sp³-hybridized carbons (Fsp3) is 0.588. The molecule has 2 heterocycles. The molecule has 0 spiro atoms. The van der Waals surface area contributed by atoms with E-state index in [1.807, 2.05) is 0 Å². The molecular formula is C17H26N4. The van der Waals surface area contributed by atoms with Crippen LogP contribution in [-0.2, 0) is 13.1 Å². The second-order valence-corrected chi connectivity index (χ2v) is 6.28. The van der Waals surface area contributed by atoms with Gasteiger partial charge in [-0.1, -0.05) is 13.0 Å². The van der Waals surface area contributed by atoms with Crippen molar-refractivity contribution in [3.8, 4) is 0 Å². The lowest BCUT2D eigenvalue weighted by Gasteiger charge is -2.18. The first-order valence-corrected chi connectivity index (χ1v) is 8.11. The summed E-state index contributed by atoms with van der Waals surface area (Å²) in [5.41, 5.74) is 9.79. The van der Waals surface area contributed by atoms with Crippen molar-refractivity contribution in [1.29, 1.82) is 0 Å². The molecule has 1 atom stereocenters. The zero-order valence-corrected chi connectivity index (χ0v) is 13.2. The third-order valence-electron chi connectivity index (χ3n) is 4.49. The first-order chi connectivity index (χ1) is 10.2. The summed E-state index contributed by atoms with van der Waals surface area (Å²) in [4.78, 5) is 7.39. The predicted molar refractivity (Wildman–Crippen MR) is 87.2 cm³/mol. The van der Waals surface area contributed by atoms with E-state index in [0.717, 1.165) is 25.0 Å². The van der Waals surface area contributed by atoms with Gasteiger partial charge in [0.25, 0.3) is 0 Å². The van der Waals surface area contributed by atoms with Crippen molar-refractivity contribution in [1.82, 2.24) is 14.5 Å². The Morgan fingerprint density at radius 3 is 2.76 bits per heavy atom. The minimum atomic E-state index is 0.195. The lowest BCUT2D eigenvalue weighted by Crippen LogP contribution is -2.28. The van der Waals surface area contributed by atoms with E-state index in [2.05, 4.69) is 41.5 Å². The summed E-state index contributed by atoms with van der Waals surface area (Å²) < 4.78 is 2.33. The Balaban J connectivity index is 1.96. The maximum Gasteiger partial charge on any atom is 0.124 e. The van der Waals surface area contributed by atoms with Crippen LogP contribution in [0.2, 0.25) is 0 Å². The molecule has 3 rings (SSSR count). The van der Waals surface area contributed by atoms with E-state index in [1.165, 1.54) is 42.8 Å². The first-order valence-electron chi connectivity index (χ1n) is 8.11. The summed E-state index contributed by atoms with van der Waals surface area (Å²) in [7, 11) is 0. The Labute approximate surface area is 126 Å². The van der Waals surface area contributed by atoms with Gasteiger partial charge in [-0.25, -0.2) is 4.98 Å². The molecule has 2 N–H and O–H groups in total. The van der Waals surface area contributed by atoms with E-state index in [1.54, 1.807) is 0 Å². The zero-order valence-electron chi connectivity index (χ0n) is 13.2. The zero-order chi connectivity index (χ0) is 14.8. The fourth-order valence-electron chi connectivity index (χ4n) is 3.12. The number of imidazole rings is 1. The van der Waals surface area contributed by atoms with Crippen LogP contribution in [-0.4, -0.2) is 33.6 Å². The van der Waals surface area contributed by atoms with Crippen molar-refractivity contribution in [2.75, 3.05) is 13.1 Å². The highest BCUT2D eigenvalue weighted by atomic mass is 15.2. The summed E-state index contributed by atoms with van der Waals surface area (Å²) in [5.74, 6) is 1.17. The molecule has 4 heteroatoms. The highest BCUT2D eigenvalue weighted by Gasteiger charge is 2.18. The number of hydrogen-bond donors (Lipinski definition) is 1. The maximum atomic E-state index is 6.20. The number of rotatable bonds is 5. The second kappa shape index (κ2) is 6.16. The molecule has 21 heavy (non-hydrogen) atoms. The summed E-state index contributed by atoms with van der Waals surface area (Å²) in [6, 6.07) is 6.73. The number of aryl methyl sites for hydroxylation is 1. The molecule has 1 fully saturated rings. The van der Waals surface area contributed by atoms with Crippen LogP contribution in [0.4, 0.5) is 0 Å². The Morgan fingerprint density at radius 2 is 2.05 bits per heavy atom. The molecule has 0 saturated carbocycles. The van der Waals surface area contributed by atoms with Crippen LogP contribution in [0.15, 0.2) is 18.2 Å². The van der Waals surface area contributed by atoms with Crippen molar-refractivity contribution < 1.29 is 0 Å². The Kier molecular flexibility index (Phi) is 4.27. The van der Waals surface area contributed by atoms with Crippen LogP contribution in [0.5, 0.6) is 0 Å². The Bertz CT molecular complexity index is 611. The third-order valence-corrected chi connectivity index (χ3v) is 4.49. The second-order valence-electron chi connectivity index (χ2n) is 6.28. The minimum Gasteiger partial charge on any atom is -0.326 e. The van der Waals surface area contributed by atoms with Gasteiger partial charge in [-0.15, -0.1) is 0 Å². The largest absolute Gasteiger partial charge is 0.326 e. The molecular weight excluding hydrogens is 260 g/mol. The number of nitrogens with zero attached hydrogens (tertiary/aromatic N) is 3. The van der Waals surface area contributed by atoms with Crippen molar-refractivity contribution in [3.05, 3.63) is 29.6 Å². The van der Waals surface area contributed by atoms with Crippen molar-refractivity contribution >= 4 is 11.0 Å². The Hall–Kier alpha value is -1.39. The van der Waals surface area contributed by atoms with Gasteiger partial charge in [0.1, 0.15) is 5.82 Å². The molecule has 0 bridgehead atoms. The quantitative estimate of drug-likeness (QED) is 0.919. The van der Waals surface area contributed by atoms with Crippen LogP contribution in [0.25, 0.3) is 11.0 Å². The van der Waals surface area contributed by atoms with E-state index in [-0.39, 0.29) is 6.04 Å². The summed E-state index contributed by atoms with van der Waals surface area (Å²) in [5, 5.41) is 0. The predicted octanol–water partition coefficient (Wildman–Crippen LogP) is 2.68. The normalized spacial score (nSPS) is 17.7. The monoisotopic (exact) mass is 286 g/mol. The van der Waals surface area contributed by atoms with Crippen LogP contribution in [0, 0.1) is 6.92 Å². The van der Waals surface area contributed by atoms with E-state index < -0.39 is 0 Å². The van der Waals surface area contributed by atoms with Crippen LogP contribution < -0.4 is 5.73 Å². The molecule has 1 aliphatic heterocycles. The van der Waals surface area contributed by atoms with E-state index in [9.17, 15) is 0 Å². The van der Waals surface area contributed by atoms with Crippen molar-refractivity contribution in [2.45, 2.75) is 52.2 Å². The molecule has 1 unspecified atom stereocenters. The first kappa shape index (κ1) is 14.5. The molecule has 1 aromatic carbocycles. The minimum absolute atomic E-state index is 0.195. The SMILES string of the molecule is CCC(N)Cn1c(CN2CCCC2)nc2cc(C)ccc21. The lowest BCUT2D eigenvalue weighted by molar-refractivity contribution is 0.315. The highest BCUT2D eigenvalue weighted by molar-refractivity contribution is 5.76. The number of likely N-dealkylation sites (tertiary alicyclic amines) is 1. The van der Waals surface area contributed by atoms with E-state index >= 15 is 0 Å². The van der Waals surface area contributed by atoms with Gasteiger partial charge in [-0.05, 0) is 57.0 Å². The number of nitrogens with two attached hydrogens (primary N) is 1. The van der Waals surface area contributed by atoms with Gasteiger partial charge < -0.3 is 10.3 Å². The van der Waals surface area contributed by atoms with Gasteiger partial charge >= 0.3 is 0 Å². The van der Waals surface area contributed by atoms with Crippen LogP contribution in [0.3, 0.4) is 0 Å². The third kappa shape index (κ3) is 3.11. The standard InChI is InChI=1S/C17H26N4/c1-3-14(18)11-21-16-7-6-13(2)10-15(16)19-17(21)12-20-8-4-5-9-20/h6-7,10,14H,3-5,8-9,11-12,18H2,1-2H3. The van der Waals surface area contributed by atoms with Gasteiger partial charge in [0.15, 0.2) is 0 Å². The lowest BCUT2D eigenvalue weighted by atomic mass is 10.2. The molecule has 1 aromatic heterocycles. The molecule has 1 saturated heterocycles. The van der Waals surface area contributed by atoms with Crippen LogP contribution >= 0.6 is 0 Å². The van der Waals surface area contributed by atoms with E-state index in [0.29, 0.717) is 0 Å². The summed E-state index contributed by atoms with van der Waals surface area (Å²) in [6.07, 6.45) is 3.62. The number of hydrogen-bond acceptors (Lipinski definition) is 3. The number of aromatic nitrogens is 2. The van der Waals surface area contributed by atoms with Gasteiger partial charge in [0.05, 0.1) is 17.6 Å². The molecule has 0 amide bonds. The molecule has 2 aromatic rings. The Morgan fingerprint density at radius 1 is 1.29 bits per heavy atom. The average molecular weight is 286 g/mol. The average Bonchev–Trinajstić information content (AvgIpc) is 3.08. The van der Waals surface area contributed by atoms with Gasteiger partial charge in [-0.2, -0.15) is 0 Å². The number of fused-ring (bicyclic) bond motifs is 1. The highest BCUT2D eigenvalue weighted by Crippen LogP contribution is 2.21. The smallest absolute Gasteiger partial charge is 0.124 e. The molecule has 114 valence electrons.